The lowest BCUT2D eigenvalue weighted by atomic mass is 9.76. The number of hydrogen-bond donors (Lipinski definition) is 9. The van der Waals surface area contributed by atoms with E-state index in [-0.39, 0.29) is 64.5 Å². The second-order valence-electron chi connectivity index (χ2n) is 24.8. The Hall–Kier alpha value is -9.20. The molecule has 10 rings (SSSR count). The van der Waals surface area contributed by atoms with Crippen LogP contribution in [0.25, 0.3) is 32.7 Å². The maximum absolute atomic E-state index is 15.0. The van der Waals surface area contributed by atoms with Crippen LogP contribution in [0.5, 0.6) is 5.75 Å². The predicted molar refractivity (Wildman–Crippen MR) is 371 cm³/mol. The van der Waals surface area contributed by atoms with Crippen LogP contribution in [0.1, 0.15) is 105 Å². The van der Waals surface area contributed by atoms with Gasteiger partial charge in [0.25, 0.3) is 51.9 Å². The van der Waals surface area contributed by atoms with Gasteiger partial charge in [0, 0.05) is 53.4 Å². The predicted octanol–water partition coefficient (Wildman–Crippen LogP) is 9.96. The van der Waals surface area contributed by atoms with Gasteiger partial charge in [-0.2, -0.15) is 38.7 Å². The van der Waals surface area contributed by atoms with E-state index in [0.717, 1.165) is 33.5 Å². The van der Waals surface area contributed by atoms with E-state index in [9.17, 15) is 61.5 Å². The van der Waals surface area contributed by atoms with Crippen molar-refractivity contribution < 1.29 is 66.2 Å². The number of allylic oxidation sites excluding steroid dienone is 7. The molecule has 10 N–H and O–H groups in total. The maximum Gasteiger partial charge on any atom is 0.294 e. The van der Waals surface area contributed by atoms with E-state index in [4.69, 9.17) is 10.5 Å². The van der Waals surface area contributed by atoms with Crippen molar-refractivity contribution >= 4 is 108 Å². The van der Waals surface area contributed by atoms with Gasteiger partial charge in [0.1, 0.15) is 11.5 Å². The van der Waals surface area contributed by atoms with E-state index in [1.54, 1.807) is 80.6 Å². The Morgan fingerprint density at radius 3 is 2.06 bits per heavy atom. The first-order chi connectivity index (χ1) is 45.7. The number of carbonyl (C=O) groups excluding carboxylic acids is 2. The zero-order valence-corrected chi connectivity index (χ0v) is 56.6. The van der Waals surface area contributed by atoms with Gasteiger partial charge in [0.15, 0.2) is 16.9 Å². The smallest absolute Gasteiger partial charge is 0.294 e. The number of nitrogens with zero attached hydrogens (tertiary/aromatic N) is 4. The standard InChI is InChI=1S/C68H73N9O16S4/c1-67(2)57(77(35-6-8-37-95(84,85)86)56-29-17-47-39-52(97(90,91)92)25-27-54(47)60(56)67)30-18-43-10-9-11-44(19-31-58(78)68(3,4)59-53-26-24-51(96(87,88)89)38-46(53)16-28-55(59)70-33-5-7-36-94(81,82)83)62(43)93-50-22-12-42(13-23-50)32-34-71-64(79)45-14-20-48(21-15-45)72-40-49-41-73-63-61(74-49)65(80)76-66(69)75-63/h12-31,38-39,41,70,72H,5-11,32-37,40H2,1-4H3,(H,71,79)(H,81,82,83)(H,84,85,86)(H,87,88,89)(H,90,91,92)(H3,69,73,75,76,80)/b31-19+,43-18+,57-30+. The number of nitrogens with one attached hydrogen (secondary N) is 4. The molecule has 0 radical (unpaired) electrons. The van der Waals surface area contributed by atoms with E-state index in [2.05, 4.69) is 40.8 Å². The van der Waals surface area contributed by atoms with Gasteiger partial charge in [-0.1, -0.05) is 62.4 Å². The quantitative estimate of drug-likeness (QED) is 0.0131. The fourth-order valence-corrected chi connectivity index (χ4v) is 14.4. The summed E-state index contributed by atoms with van der Waals surface area (Å²) in [6.45, 7) is 8.60. The average molecular weight is 1400 g/mol. The van der Waals surface area contributed by atoms with Gasteiger partial charge in [-0.05, 0) is 200 Å². The normalized spacial score (nSPS) is 15.4. The third kappa shape index (κ3) is 17.0. The number of anilines is 4. The Labute approximate surface area is 561 Å². The largest absolute Gasteiger partial charge is 0.457 e. The van der Waals surface area contributed by atoms with Crippen molar-refractivity contribution in [2.75, 3.05) is 52.4 Å². The number of ether oxygens (including phenoxy) is 1. The van der Waals surface area contributed by atoms with Crippen LogP contribution in [0.2, 0.25) is 0 Å². The van der Waals surface area contributed by atoms with Crippen LogP contribution in [0.3, 0.4) is 0 Å². The average Bonchev–Trinajstić information content (AvgIpc) is 1.60. The summed E-state index contributed by atoms with van der Waals surface area (Å²) in [5, 5.41) is 11.7. The molecule has 2 aromatic heterocycles. The van der Waals surface area contributed by atoms with Crippen LogP contribution < -0.4 is 36.9 Å². The number of unbranched alkanes of at least 4 members (excludes halogenated alkanes) is 2. The van der Waals surface area contributed by atoms with Crippen LogP contribution in [-0.2, 0) is 69.1 Å². The number of nitrogen functional groups attached to an aromatic ring is 1. The van der Waals surface area contributed by atoms with E-state index >= 15 is 4.79 Å². The summed E-state index contributed by atoms with van der Waals surface area (Å²) in [6, 6.07) is 29.6. The highest BCUT2D eigenvalue weighted by Gasteiger charge is 2.41. The lowest BCUT2D eigenvalue weighted by molar-refractivity contribution is -0.118. The summed E-state index contributed by atoms with van der Waals surface area (Å²) in [5.41, 5.74) is 10.6. The molecule has 1 aliphatic heterocycles. The second-order valence-corrected chi connectivity index (χ2v) is 30.8. The van der Waals surface area contributed by atoms with Crippen molar-refractivity contribution in [2.24, 2.45) is 0 Å². The molecule has 25 nitrogen and oxygen atoms in total. The van der Waals surface area contributed by atoms with E-state index in [0.29, 0.717) is 113 Å². The molecule has 0 unspecified atom stereocenters. The summed E-state index contributed by atoms with van der Waals surface area (Å²) in [6.07, 6.45) is 11.7. The molecule has 8 aromatic rings. The number of carbonyl (C=O) groups is 2. The number of H-pyrrole nitrogens is 1. The van der Waals surface area contributed by atoms with Crippen LogP contribution >= 0.6 is 0 Å². The number of ketones is 1. The van der Waals surface area contributed by atoms with Gasteiger partial charge < -0.3 is 31.3 Å². The second kappa shape index (κ2) is 28.5. The highest BCUT2D eigenvalue weighted by Crippen LogP contribution is 2.51. The third-order valence-electron chi connectivity index (χ3n) is 17.1. The van der Waals surface area contributed by atoms with Crippen molar-refractivity contribution in [1.82, 2.24) is 25.3 Å². The topological polar surface area (TPSA) is 398 Å². The van der Waals surface area contributed by atoms with Crippen molar-refractivity contribution in [1.29, 1.82) is 0 Å². The number of hydrogen-bond acceptors (Lipinski definition) is 19. The molecule has 0 bridgehead atoms. The van der Waals surface area contributed by atoms with Crippen molar-refractivity contribution in [3.05, 3.63) is 201 Å². The highest BCUT2D eigenvalue weighted by molar-refractivity contribution is 7.86. The Morgan fingerprint density at radius 2 is 1.39 bits per heavy atom. The zero-order chi connectivity index (χ0) is 69.8. The number of benzene rings is 6. The Bertz CT molecular complexity index is 5090. The number of aromatic amines is 1. The number of aromatic nitrogens is 4. The Morgan fingerprint density at radius 1 is 0.742 bits per heavy atom. The number of nitrogens with two attached hydrogens (primary N) is 1. The van der Waals surface area contributed by atoms with Gasteiger partial charge in [0.05, 0.1) is 45.1 Å². The van der Waals surface area contributed by atoms with Gasteiger partial charge >= 0.3 is 0 Å². The minimum absolute atomic E-state index is 0.0562. The SMILES string of the molecule is CC(C)(C(=O)/C=C/C1=C(Oc2ccc(CCNC(=O)c3ccc(NCc4cnc5nc(N)[nH]c(=O)c5n4)cc3)cc2)C(=C/C=C2/N(CCCCS(=O)(=O)O)c3ccc4cc(S(=O)(=O)O)ccc4c3C2(C)C)/CCC1)c1c(NCCCCS(=O)(=O)O)ccc2cc(S(=O)(=O)O)ccc12. The van der Waals surface area contributed by atoms with Gasteiger partial charge in [-0.3, -0.25) is 37.6 Å². The molecule has 6 aromatic carbocycles. The molecule has 0 atom stereocenters. The summed E-state index contributed by atoms with van der Waals surface area (Å²) in [7, 11) is -17.6. The lowest BCUT2D eigenvalue weighted by Crippen LogP contribution is -2.29. The first kappa shape index (κ1) is 70.6. The number of amides is 1. The lowest BCUT2D eigenvalue weighted by Gasteiger charge is -2.28. The monoisotopic (exact) mass is 1400 g/mol. The molecule has 2 aliphatic rings. The fourth-order valence-electron chi connectivity index (χ4n) is 12.2. The van der Waals surface area contributed by atoms with E-state index in [1.807, 2.05) is 44.2 Å². The molecule has 97 heavy (non-hydrogen) atoms. The van der Waals surface area contributed by atoms with Crippen LogP contribution in [-0.4, -0.2) is 115 Å². The van der Waals surface area contributed by atoms with Gasteiger partial charge in [-0.25, -0.2) is 9.97 Å². The molecule has 0 fully saturated rings. The highest BCUT2D eigenvalue weighted by atomic mass is 32.2. The Kier molecular flexibility index (Phi) is 20.7. The van der Waals surface area contributed by atoms with Crippen LogP contribution in [0.4, 0.5) is 23.0 Å². The molecule has 510 valence electrons. The minimum atomic E-state index is -4.61. The summed E-state index contributed by atoms with van der Waals surface area (Å²) in [4.78, 5) is 57.1. The van der Waals surface area contributed by atoms with E-state index in [1.165, 1.54) is 42.6 Å². The first-order valence-electron chi connectivity index (χ1n) is 31.0. The van der Waals surface area contributed by atoms with Crippen LogP contribution in [0.15, 0.2) is 177 Å². The Balaban J connectivity index is 0.942. The van der Waals surface area contributed by atoms with Crippen molar-refractivity contribution in [3.8, 4) is 5.75 Å². The molecular weight excluding hydrogens is 1330 g/mol. The molecule has 1 aliphatic carbocycles. The van der Waals surface area contributed by atoms with Gasteiger partial charge in [-0.15, -0.1) is 0 Å². The van der Waals surface area contributed by atoms with E-state index < -0.39 is 68.4 Å². The summed E-state index contributed by atoms with van der Waals surface area (Å²) < 4.78 is 141. The number of rotatable bonds is 27. The molecule has 0 saturated heterocycles. The first-order valence-corrected chi connectivity index (χ1v) is 37.1. The minimum Gasteiger partial charge on any atom is -0.457 e. The summed E-state index contributed by atoms with van der Waals surface area (Å²) >= 11 is 0. The number of fused-ring (bicyclic) bond motifs is 5. The molecule has 1 amide bonds. The molecule has 29 heteroatoms. The molecule has 3 heterocycles. The van der Waals surface area contributed by atoms with Crippen LogP contribution in [0, 0.1) is 0 Å². The molecule has 0 spiro atoms. The van der Waals surface area contributed by atoms with Crippen molar-refractivity contribution in [2.45, 2.75) is 106 Å². The zero-order valence-electron chi connectivity index (χ0n) is 53.4. The van der Waals surface area contributed by atoms with Gasteiger partial charge in [0.2, 0.25) is 5.95 Å². The maximum atomic E-state index is 15.0. The summed E-state index contributed by atoms with van der Waals surface area (Å²) in [5.74, 6) is -0.690. The molecular formula is C68H73N9O16S4. The fraction of sp³-hybridized carbons (Fsp3) is 0.294. The third-order valence-corrected chi connectivity index (χ3v) is 20.4. The van der Waals surface area contributed by atoms with Crippen molar-refractivity contribution in [3.63, 3.8) is 0 Å². The molecule has 0 saturated carbocycles.